The molecule has 2 rings (SSSR count). The van der Waals surface area contributed by atoms with Crippen LogP contribution < -0.4 is 5.32 Å². The molecule has 0 saturated carbocycles. The van der Waals surface area contributed by atoms with Crippen molar-refractivity contribution >= 4 is 5.88 Å². The molecule has 0 unspecified atom stereocenters. The lowest BCUT2D eigenvalue weighted by Crippen LogP contribution is -2.01. The van der Waals surface area contributed by atoms with Crippen molar-refractivity contribution in [1.29, 1.82) is 0 Å². The van der Waals surface area contributed by atoms with Gasteiger partial charge in [0.15, 0.2) is 0 Å². The standard InChI is InChI=1S/C9H8N2O3/c12-11(13)9-2-1-8(14-9)7-3-5-10-6-4-7/h1-7,10H. The van der Waals surface area contributed by atoms with Crippen molar-refractivity contribution in [3.8, 4) is 0 Å². The van der Waals surface area contributed by atoms with Gasteiger partial charge in [-0.2, -0.15) is 0 Å². The van der Waals surface area contributed by atoms with Crippen LogP contribution in [0.4, 0.5) is 5.88 Å². The van der Waals surface area contributed by atoms with Crippen molar-refractivity contribution in [2.75, 3.05) is 0 Å². The van der Waals surface area contributed by atoms with Crippen LogP contribution in [0.5, 0.6) is 0 Å². The number of nitrogens with one attached hydrogen (secondary N) is 1. The van der Waals surface area contributed by atoms with Gasteiger partial charge in [0.05, 0.1) is 12.0 Å². The molecule has 5 heteroatoms. The van der Waals surface area contributed by atoms with Gasteiger partial charge in [-0.05, 0) is 18.5 Å². The minimum absolute atomic E-state index is 0.0232. The molecule has 1 N–H and O–H groups in total. The van der Waals surface area contributed by atoms with Gasteiger partial charge in [0.2, 0.25) is 0 Å². The Balaban J connectivity index is 2.24. The van der Waals surface area contributed by atoms with Crippen LogP contribution in [-0.4, -0.2) is 4.92 Å². The molecule has 1 aliphatic heterocycles. The van der Waals surface area contributed by atoms with Crippen LogP contribution in [0, 0.1) is 10.1 Å². The Morgan fingerprint density at radius 1 is 1.36 bits per heavy atom. The van der Waals surface area contributed by atoms with E-state index in [0.717, 1.165) is 0 Å². The SMILES string of the molecule is O=[N+]([O-])c1ccc(C2C=CNC=C2)o1. The molecule has 0 aliphatic carbocycles. The number of hydrogen-bond acceptors (Lipinski definition) is 4. The maximum atomic E-state index is 10.4. The van der Waals surface area contributed by atoms with Crippen LogP contribution >= 0.6 is 0 Å². The zero-order chi connectivity index (χ0) is 9.97. The fourth-order valence-corrected chi connectivity index (χ4v) is 1.25. The van der Waals surface area contributed by atoms with Gasteiger partial charge < -0.3 is 9.73 Å². The largest absolute Gasteiger partial charge is 0.433 e. The number of furan rings is 1. The predicted molar refractivity (Wildman–Crippen MR) is 49.5 cm³/mol. The van der Waals surface area contributed by atoms with E-state index in [9.17, 15) is 10.1 Å². The predicted octanol–water partition coefficient (Wildman–Crippen LogP) is 1.90. The number of hydrogen-bond donors (Lipinski definition) is 1. The Bertz CT molecular complexity index is 394. The first-order valence-electron chi connectivity index (χ1n) is 4.11. The Morgan fingerprint density at radius 2 is 2.07 bits per heavy atom. The monoisotopic (exact) mass is 192 g/mol. The highest BCUT2D eigenvalue weighted by Crippen LogP contribution is 2.25. The highest BCUT2D eigenvalue weighted by molar-refractivity contribution is 5.27. The molecule has 0 atom stereocenters. The Morgan fingerprint density at radius 3 is 2.64 bits per heavy atom. The first kappa shape index (κ1) is 8.55. The van der Waals surface area contributed by atoms with Crippen molar-refractivity contribution < 1.29 is 9.34 Å². The van der Waals surface area contributed by atoms with Gasteiger partial charge in [-0.25, -0.2) is 0 Å². The molecule has 72 valence electrons. The Labute approximate surface area is 79.9 Å². The summed E-state index contributed by atoms with van der Waals surface area (Å²) in [5.74, 6) is 0.330. The van der Waals surface area contributed by atoms with Crippen LogP contribution in [0.3, 0.4) is 0 Å². The lowest BCUT2D eigenvalue weighted by molar-refractivity contribution is -0.402. The normalized spacial score (nSPS) is 15.4. The van der Waals surface area contributed by atoms with Crippen LogP contribution in [-0.2, 0) is 0 Å². The minimum Gasteiger partial charge on any atom is -0.405 e. The zero-order valence-corrected chi connectivity index (χ0v) is 7.21. The number of rotatable bonds is 2. The smallest absolute Gasteiger partial charge is 0.405 e. The summed E-state index contributed by atoms with van der Waals surface area (Å²) in [4.78, 5) is 9.82. The summed E-state index contributed by atoms with van der Waals surface area (Å²) < 4.78 is 5.06. The molecule has 0 amide bonds. The summed E-state index contributed by atoms with van der Waals surface area (Å²) in [7, 11) is 0. The molecule has 0 spiro atoms. The van der Waals surface area contributed by atoms with E-state index in [1.807, 2.05) is 12.2 Å². The van der Waals surface area contributed by atoms with Crippen LogP contribution in [0.15, 0.2) is 41.1 Å². The second-order valence-corrected chi connectivity index (χ2v) is 2.84. The first-order chi connectivity index (χ1) is 6.77. The molecule has 0 saturated heterocycles. The fourth-order valence-electron chi connectivity index (χ4n) is 1.25. The van der Waals surface area contributed by atoms with E-state index in [1.54, 1.807) is 18.5 Å². The lowest BCUT2D eigenvalue weighted by Gasteiger charge is -2.07. The second kappa shape index (κ2) is 3.37. The maximum absolute atomic E-state index is 10.4. The molecule has 1 aliphatic rings. The van der Waals surface area contributed by atoms with Crippen LogP contribution in [0.25, 0.3) is 0 Å². The molecule has 2 heterocycles. The average molecular weight is 192 g/mol. The van der Waals surface area contributed by atoms with Gasteiger partial charge in [0.1, 0.15) is 10.7 Å². The molecule has 1 aromatic rings. The summed E-state index contributed by atoms with van der Waals surface area (Å²) >= 11 is 0. The highest BCUT2D eigenvalue weighted by Gasteiger charge is 2.16. The quantitative estimate of drug-likeness (QED) is 0.574. The number of nitrogens with zero attached hydrogens (tertiary/aromatic N) is 1. The van der Waals surface area contributed by atoms with E-state index >= 15 is 0 Å². The molecule has 14 heavy (non-hydrogen) atoms. The van der Waals surface area contributed by atoms with Crippen LogP contribution in [0.2, 0.25) is 0 Å². The van der Waals surface area contributed by atoms with Crippen molar-refractivity contribution in [1.82, 2.24) is 5.32 Å². The molecule has 0 aromatic carbocycles. The average Bonchev–Trinajstić information content (AvgIpc) is 2.68. The molecule has 0 fully saturated rings. The molecular formula is C9H8N2O3. The zero-order valence-electron chi connectivity index (χ0n) is 7.21. The van der Waals surface area contributed by atoms with Gasteiger partial charge in [-0.15, -0.1) is 0 Å². The topological polar surface area (TPSA) is 68.3 Å². The van der Waals surface area contributed by atoms with Crippen molar-refractivity contribution in [3.63, 3.8) is 0 Å². The van der Waals surface area contributed by atoms with Crippen molar-refractivity contribution in [2.24, 2.45) is 0 Å². The third kappa shape index (κ3) is 1.52. The summed E-state index contributed by atoms with van der Waals surface area (Å²) in [6, 6.07) is 2.97. The molecule has 5 nitrogen and oxygen atoms in total. The first-order valence-corrected chi connectivity index (χ1v) is 4.11. The minimum atomic E-state index is -0.544. The number of allylic oxidation sites excluding steroid dienone is 2. The van der Waals surface area contributed by atoms with Gasteiger partial charge in [0.25, 0.3) is 0 Å². The van der Waals surface area contributed by atoms with E-state index in [2.05, 4.69) is 5.32 Å². The molecule has 0 radical (unpaired) electrons. The van der Waals surface area contributed by atoms with E-state index in [1.165, 1.54) is 6.07 Å². The number of dihydropyridines is 1. The van der Waals surface area contributed by atoms with E-state index in [0.29, 0.717) is 5.76 Å². The summed E-state index contributed by atoms with van der Waals surface area (Å²) in [6.07, 6.45) is 7.25. The summed E-state index contributed by atoms with van der Waals surface area (Å²) in [6.45, 7) is 0. The fraction of sp³-hybridized carbons (Fsp3) is 0.111. The Kier molecular flexibility index (Phi) is 2.06. The summed E-state index contributed by atoms with van der Waals surface area (Å²) in [5, 5.41) is 13.2. The molecule has 0 bridgehead atoms. The third-order valence-electron chi connectivity index (χ3n) is 1.92. The van der Waals surface area contributed by atoms with E-state index in [4.69, 9.17) is 4.42 Å². The van der Waals surface area contributed by atoms with E-state index in [-0.39, 0.29) is 11.8 Å². The summed E-state index contributed by atoms with van der Waals surface area (Å²) in [5.41, 5.74) is 0. The second-order valence-electron chi connectivity index (χ2n) is 2.84. The van der Waals surface area contributed by atoms with Crippen molar-refractivity contribution in [2.45, 2.75) is 5.92 Å². The number of nitro groups is 1. The Hall–Kier alpha value is -2.04. The van der Waals surface area contributed by atoms with Crippen molar-refractivity contribution in [3.05, 3.63) is 52.6 Å². The van der Waals surface area contributed by atoms with Gasteiger partial charge in [0, 0.05) is 0 Å². The van der Waals surface area contributed by atoms with Gasteiger partial charge in [-0.1, -0.05) is 12.2 Å². The van der Waals surface area contributed by atoms with E-state index < -0.39 is 4.92 Å². The highest BCUT2D eigenvalue weighted by atomic mass is 16.6. The molecular weight excluding hydrogens is 184 g/mol. The van der Waals surface area contributed by atoms with Gasteiger partial charge >= 0.3 is 5.88 Å². The van der Waals surface area contributed by atoms with Gasteiger partial charge in [-0.3, -0.25) is 10.1 Å². The maximum Gasteiger partial charge on any atom is 0.433 e. The lowest BCUT2D eigenvalue weighted by atomic mass is 10.1. The third-order valence-corrected chi connectivity index (χ3v) is 1.92. The molecule has 1 aromatic heterocycles. The van der Waals surface area contributed by atoms with Crippen LogP contribution in [0.1, 0.15) is 11.7 Å².